The minimum atomic E-state index is -3.33. The molecular weight excluding hydrogens is 264 g/mol. The summed E-state index contributed by atoms with van der Waals surface area (Å²) in [5.41, 5.74) is 0. The Morgan fingerprint density at radius 2 is 1.84 bits per heavy atom. The molecule has 0 aromatic heterocycles. The van der Waals surface area contributed by atoms with E-state index >= 15 is 0 Å². The van der Waals surface area contributed by atoms with Crippen LogP contribution >= 0.6 is 0 Å². The van der Waals surface area contributed by atoms with Crippen LogP contribution in [0.1, 0.15) is 20.3 Å². The first-order valence-corrected chi connectivity index (χ1v) is 8.39. The van der Waals surface area contributed by atoms with Crippen LogP contribution in [-0.4, -0.2) is 70.5 Å². The Kier molecular flexibility index (Phi) is 6.68. The highest BCUT2D eigenvalue weighted by atomic mass is 32.2. The van der Waals surface area contributed by atoms with E-state index in [0.29, 0.717) is 25.6 Å². The van der Waals surface area contributed by atoms with E-state index in [4.69, 9.17) is 0 Å². The number of nitrogens with one attached hydrogen (secondary N) is 2. The van der Waals surface area contributed by atoms with Gasteiger partial charge in [0.1, 0.15) is 0 Å². The van der Waals surface area contributed by atoms with Gasteiger partial charge in [-0.2, -0.15) is 12.7 Å². The summed E-state index contributed by atoms with van der Waals surface area (Å²) in [7, 11) is 0.653. The maximum atomic E-state index is 12.2. The highest BCUT2D eigenvalue weighted by molar-refractivity contribution is 7.87. The van der Waals surface area contributed by atoms with Crippen LogP contribution in [0.5, 0.6) is 0 Å². The minimum Gasteiger partial charge on any atom is -0.314 e. The molecule has 0 saturated carbocycles. The summed E-state index contributed by atoms with van der Waals surface area (Å²) in [6, 6.07) is 0.234. The number of nitrogens with zero attached hydrogens (tertiary/aromatic N) is 2. The second-order valence-corrected chi connectivity index (χ2v) is 7.50. The zero-order valence-electron chi connectivity index (χ0n) is 12.5. The molecule has 1 atom stereocenters. The third-order valence-electron chi connectivity index (χ3n) is 3.39. The van der Waals surface area contributed by atoms with E-state index in [0.717, 1.165) is 19.5 Å². The van der Waals surface area contributed by atoms with E-state index in [-0.39, 0.29) is 6.04 Å². The zero-order valence-corrected chi connectivity index (χ0v) is 13.3. The minimum absolute atomic E-state index is 0.234. The molecule has 2 N–H and O–H groups in total. The van der Waals surface area contributed by atoms with E-state index in [9.17, 15) is 8.42 Å². The predicted molar refractivity (Wildman–Crippen MR) is 78.3 cm³/mol. The Labute approximate surface area is 117 Å². The van der Waals surface area contributed by atoms with Gasteiger partial charge in [0, 0.05) is 38.8 Å². The van der Waals surface area contributed by atoms with Crippen LogP contribution in [0.15, 0.2) is 0 Å². The fourth-order valence-electron chi connectivity index (χ4n) is 2.20. The normalized spacial score (nSPS) is 20.1. The smallest absolute Gasteiger partial charge is 0.279 e. The molecule has 0 amide bonds. The molecule has 0 aliphatic carbocycles. The average molecular weight is 292 g/mol. The number of hydrogen-bond donors (Lipinski definition) is 2. The van der Waals surface area contributed by atoms with Crippen LogP contribution in [0.3, 0.4) is 0 Å². The molecule has 6 nitrogen and oxygen atoms in total. The summed E-state index contributed by atoms with van der Waals surface area (Å²) in [4.78, 5) is 2.08. The van der Waals surface area contributed by atoms with E-state index in [1.54, 1.807) is 0 Å². The first-order chi connectivity index (χ1) is 8.83. The number of hydrogen-bond acceptors (Lipinski definition) is 4. The van der Waals surface area contributed by atoms with Gasteiger partial charge in [0.05, 0.1) is 0 Å². The summed E-state index contributed by atoms with van der Waals surface area (Å²) in [5.74, 6) is 0.552. The largest absolute Gasteiger partial charge is 0.314 e. The van der Waals surface area contributed by atoms with Crippen LogP contribution in [0, 0.1) is 5.92 Å². The third kappa shape index (κ3) is 5.74. The molecule has 114 valence electrons. The maximum absolute atomic E-state index is 12.2. The van der Waals surface area contributed by atoms with Gasteiger partial charge in [-0.05, 0) is 26.4 Å². The number of piperazine rings is 1. The summed E-state index contributed by atoms with van der Waals surface area (Å²) in [5, 5.41) is 3.15. The second kappa shape index (κ2) is 7.54. The molecular formula is C12H28N4O2S. The summed E-state index contributed by atoms with van der Waals surface area (Å²) in [6.45, 7) is 7.33. The lowest BCUT2D eigenvalue weighted by Crippen LogP contribution is -2.52. The van der Waals surface area contributed by atoms with Crippen molar-refractivity contribution in [3.8, 4) is 0 Å². The molecule has 1 aliphatic heterocycles. The molecule has 0 radical (unpaired) electrons. The molecule has 0 bridgehead atoms. The fraction of sp³-hybridized carbons (Fsp3) is 1.00. The van der Waals surface area contributed by atoms with Crippen molar-refractivity contribution in [1.82, 2.24) is 19.2 Å². The molecule has 1 unspecified atom stereocenters. The first kappa shape index (κ1) is 16.8. The SMILES string of the molecule is CC(C)CC(CNS(=O)(=O)N1CCNCC1)N(C)C. The zero-order chi connectivity index (χ0) is 14.5. The van der Waals surface area contributed by atoms with E-state index in [1.165, 1.54) is 4.31 Å². The van der Waals surface area contributed by atoms with Crippen LogP contribution < -0.4 is 10.0 Å². The molecule has 1 fully saturated rings. The van der Waals surface area contributed by atoms with E-state index in [2.05, 4.69) is 28.8 Å². The lowest BCUT2D eigenvalue weighted by atomic mass is 10.0. The lowest BCUT2D eigenvalue weighted by Gasteiger charge is -2.30. The molecule has 0 aromatic rings. The highest BCUT2D eigenvalue weighted by Gasteiger charge is 2.25. The molecule has 1 aliphatic rings. The Bertz CT molecular complexity index is 351. The van der Waals surface area contributed by atoms with Gasteiger partial charge in [0.2, 0.25) is 0 Å². The van der Waals surface area contributed by atoms with Crippen molar-refractivity contribution in [3.05, 3.63) is 0 Å². The Hall–Kier alpha value is -0.210. The Morgan fingerprint density at radius 1 is 1.26 bits per heavy atom. The van der Waals surface area contributed by atoms with Gasteiger partial charge in [-0.1, -0.05) is 13.8 Å². The topological polar surface area (TPSA) is 64.7 Å². The van der Waals surface area contributed by atoms with Gasteiger partial charge >= 0.3 is 0 Å². The summed E-state index contributed by atoms with van der Waals surface area (Å²) in [6.07, 6.45) is 0.983. The van der Waals surface area contributed by atoms with E-state index < -0.39 is 10.2 Å². The van der Waals surface area contributed by atoms with Crippen molar-refractivity contribution in [2.45, 2.75) is 26.3 Å². The molecule has 1 saturated heterocycles. The Morgan fingerprint density at radius 3 is 2.32 bits per heavy atom. The predicted octanol–water partition coefficient (Wildman–Crippen LogP) is -0.298. The average Bonchev–Trinajstić information content (AvgIpc) is 2.35. The van der Waals surface area contributed by atoms with Crippen LogP contribution in [0.25, 0.3) is 0 Å². The quantitative estimate of drug-likeness (QED) is 0.676. The van der Waals surface area contributed by atoms with Crippen molar-refractivity contribution in [2.75, 3.05) is 46.8 Å². The standard InChI is InChI=1S/C12H28N4O2S/c1-11(2)9-12(15(3)4)10-14-19(17,18)16-7-5-13-6-8-16/h11-14H,5-10H2,1-4H3. The fourth-order valence-corrected chi connectivity index (χ4v) is 3.45. The lowest BCUT2D eigenvalue weighted by molar-refractivity contribution is 0.253. The van der Waals surface area contributed by atoms with Crippen molar-refractivity contribution >= 4 is 10.2 Å². The van der Waals surface area contributed by atoms with Crippen LogP contribution in [-0.2, 0) is 10.2 Å². The second-order valence-electron chi connectivity index (χ2n) is 5.75. The van der Waals surface area contributed by atoms with Crippen molar-refractivity contribution < 1.29 is 8.42 Å². The summed E-state index contributed by atoms with van der Waals surface area (Å²) >= 11 is 0. The molecule has 0 spiro atoms. The van der Waals surface area contributed by atoms with Crippen molar-refractivity contribution in [3.63, 3.8) is 0 Å². The third-order valence-corrected chi connectivity index (χ3v) is 4.97. The molecule has 1 heterocycles. The van der Waals surface area contributed by atoms with Gasteiger partial charge in [0.15, 0.2) is 0 Å². The van der Waals surface area contributed by atoms with Gasteiger partial charge in [-0.15, -0.1) is 0 Å². The number of rotatable bonds is 7. The van der Waals surface area contributed by atoms with Gasteiger partial charge < -0.3 is 10.2 Å². The van der Waals surface area contributed by atoms with Crippen LogP contribution in [0.4, 0.5) is 0 Å². The molecule has 7 heteroatoms. The highest BCUT2D eigenvalue weighted by Crippen LogP contribution is 2.09. The Balaban J connectivity index is 2.52. The first-order valence-electron chi connectivity index (χ1n) is 6.95. The van der Waals surface area contributed by atoms with Gasteiger partial charge in [-0.3, -0.25) is 0 Å². The maximum Gasteiger partial charge on any atom is 0.279 e. The van der Waals surface area contributed by atoms with Gasteiger partial charge in [0.25, 0.3) is 10.2 Å². The van der Waals surface area contributed by atoms with Crippen molar-refractivity contribution in [2.24, 2.45) is 5.92 Å². The molecule has 19 heavy (non-hydrogen) atoms. The van der Waals surface area contributed by atoms with Crippen LogP contribution in [0.2, 0.25) is 0 Å². The number of likely N-dealkylation sites (N-methyl/N-ethyl adjacent to an activating group) is 1. The monoisotopic (exact) mass is 292 g/mol. The van der Waals surface area contributed by atoms with Gasteiger partial charge in [-0.25, -0.2) is 4.72 Å². The molecule has 0 aromatic carbocycles. The molecule has 1 rings (SSSR count). The van der Waals surface area contributed by atoms with E-state index in [1.807, 2.05) is 14.1 Å². The summed E-state index contributed by atoms with van der Waals surface area (Å²) < 4.78 is 28.6. The van der Waals surface area contributed by atoms with Crippen molar-refractivity contribution in [1.29, 1.82) is 0 Å².